The van der Waals surface area contributed by atoms with Crippen LogP contribution in [0, 0.1) is 5.92 Å². The van der Waals surface area contributed by atoms with Crippen LogP contribution in [0.3, 0.4) is 0 Å². The van der Waals surface area contributed by atoms with Crippen molar-refractivity contribution in [3.63, 3.8) is 0 Å². The van der Waals surface area contributed by atoms with Crippen molar-refractivity contribution < 1.29 is 9.53 Å². The molecule has 152 valence electrons. The lowest BCUT2D eigenvalue weighted by atomic mass is 9.93. The molecular weight excluding hydrogens is 366 g/mol. The molecule has 2 aromatic heterocycles. The van der Waals surface area contributed by atoms with Crippen molar-refractivity contribution in [2.45, 2.75) is 32.2 Å². The van der Waals surface area contributed by atoms with Gasteiger partial charge < -0.3 is 19.9 Å². The van der Waals surface area contributed by atoms with Crippen LogP contribution in [0.25, 0.3) is 11.0 Å². The highest BCUT2D eigenvalue weighted by molar-refractivity contribution is 5.87. The van der Waals surface area contributed by atoms with Crippen molar-refractivity contribution in [2.24, 2.45) is 5.92 Å². The van der Waals surface area contributed by atoms with Gasteiger partial charge in [-0.15, -0.1) is 0 Å². The molecule has 1 aliphatic heterocycles. The summed E-state index contributed by atoms with van der Waals surface area (Å²) in [5.41, 5.74) is 1.91. The number of anilines is 1. The molecule has 0 bridgehead atoms. The van der Waals surface area contributed by atoms with Crippen LogP contribution in [0.4, 0.5) is 5.82 Å². The third-order valence-corrected chi connectivity index (χ3v) is 5.55. The lowest BCUT2D eigenvalue weighted by Gasteiger charge is -2.33. The topological polar surface area (TPSA) is 83.1 Å². The van der Waals surface area contributed by atoms with E-state index in [-0.39, 0.29) is 5.91 Å². The monoisotopic (exact) mass is 393 g/mol. The number of H-pyrrole nitrogens is 1. The minimum Gasteiger partial charge on any atom is -0.497 e. The summed E-state index contributed by atoms with van der Waals surface area (Å²) < 4.78 is 5.23. The van der Waals surface area contributed by atoms with Crippen LogP contribution in [0.5, 0.6) is 5.75 Å². The molecule has 0 spiro atoms. The van der Waals surface area contributed by atoms with Crippen LogP contribution < -0.4 is 15.0 Å². The maximum atomic E-state index is 12.3. The van der Waals surface area contributed by atoms with Gasteiger partial charge in [-0.05, 0) is 48.9 Å². The molecular formula is C22H27N5O2. The molecule has 1 aromatic carbocycles. The van der Waals surface area contributed by atoms with Crippen LogP contribution in [0.15, 0.2) is 42.9 Å². The number of amides is 1. The van der Waals surface area contributed by atoms with Gasteiger partial charge >= 0.3 is 0 Å². The van der Waals surface area contributed by atoms with E-state index < -0.39 is 0 Å². The predicted molar refractivity (Wildman–Crippen MR) is 113 cm³/mol. The molecule has 1 aliphatic rings. The van der Waals surface area contributed by atoms with Crippen molar-refractivity contribution in [3.05, 3.63) is 48.4 Å². The van der Waals surface area contributed by atoms with Crippen molar-refractivity contribution in [1.29, 1.82) is 0 Å². The number of aromatic nitrogens is 3. The molecule has 0 aliphatic carbocycles. The Morgan fingerprint density at radius 3 is 3.17 bits per heavy atom. The summed E-state index contributed by atoms with van der Waals surface area (Å²) >= 11 is 0. The average Bonchev–Trinajstić information content (AvgIpc) is 3.25. The van der Waals surface area contributed by atoms with Crippen LogP contribution in [0.1, 0.15) is 31.2 Å². The smallest absolute Gasteiger partial charge is 0.220 e. The van der Waals surface area contributed by atoms with E-state index in [1.165, 1.54) is 0 Å². The van der Waals surface area contributed by atoms with Gasteiger partial charge in [0.1, 0.15) is 23.5 Å². The summed E-state index contributed by atoms with van der Waals surface area (Å²) in [6, 6.07) is 9.80. The second kappa shape index (κ2) is 8.94. The highest BCUT2D eigenvalue weighted by atomic mass is 16.5. The molecule has 1 fully saturated rings. The van der Waals surface area contributed by atoms with E-state index in [2.05, 4.69) is 25.2 Å². The van der Waals surface area contributed by atoms with Gasteiger partial charge in [-0.25, -0.2) is 9.97 Å². The normalized spacial score (nSPS) is 16.7. The van der Waals surface area contributed by atoms with Crippen LogP contribution >= 0.6 is 0 Å². The molecule has 4 rings (SSSR count). The van der Waals surface area contributed by atoms with Gasteiger partial charge in [-0.2, -0.15) is 0 Å². The zero-order valence-electron chi connectivity index (χ0n) is 16.7. The molecule has 3 aromatic rings. The lowest BCUT2D eigenvalue weighted by Crippen LogP contribution is -2.36. The third-order valence-electron chi connectivity index (χ3n) is 5.55. The fourth-order valence-electron chi connectivity index (χ4n) is 4.01. The molecule has 1 amide bonds. The Balaban J connectivity index is 1.28. The van der Waals surface area contributed by atoms with Crippen molar-refractivity contribution in [1.82, 2.24) is 20.3 Å². The number of rotatable bonds is 7. The summed E-state index contributed by atoms with van der Waals surface area (Å²) in [4.78, 5) is 26.6. The molecule has 1 atom stereocenters. The summed E-state index contributed by atoms with van der Waals surface area (Å²) in [5, 5.41) is 4.08. The van der Waals surface area contributed by atoms with Crippen molar-refractivity contribution in [2.75, 3.05) is 25.1 Å². The maximum absolute atomic E-state index is 12.3. The lowest BCUT2D eigenvalue weighted by molar-refractivity contribution is -0.121. The fourth-order valence-corrected chi connectivity index (χ4v) is 4.01. The van der Waals surface area contributed by atoms with Gasteiger partial charge in [0, 0.05) is 32.3 Å². The van der Waals surface area contributed by atoms with Gasteiger partial charge in [-0.3, -0.25) is 4.79 Å². The van der Waals surface area contributed by atoms with Crippen LogP contribution in [-0.2, 0) is 11.3 Å². The van der Waals surface area contributed by atoms with Gasteiger partial charge in [-0.1, -0.05) is 12.1 Å². The van der Waals surface area contributed by atoms with Gasteiger partial charge in [0.25, 0.3) is 0 Å². The number of hydrogen-bond acceptors (Lipinski definition) is 5. The highest BCUT2D eigenvalue weighted by Crippen LogP contribution is 2.28. The number of ether oxygens (including phenoxy) is 1. The summed E-state index contributed by atoms with van der Waals surface area (Å²) in [7, 11) is 1.65. The molecule has 0 unspecified atom stereocenters. The van der Waals surface area contributed by atoms with Crippen LogP contribution in [-0.4, -0.2) is 41.1 Å². The van der Waals surface area contributed by atoms with E-state index in [4.69, 9.17) is 4.74 Å². The Kier molecular flexibility index (Phi) is 5.93. The molecule has 0 saturated carbocycles. The number of aromatic amines is 1. The van der Waals surface area contributed by atoms with E-state index >= 15 is 0 Å². The SMILES string of the molecule is COc1cccc(CNC(=O)CC[C@H]2CCCN(c3ncnc4[nH]ccc34)C2)c1. The van der Waals surface area contributed by atoms with Crippen LogP contribution in [0.2, 0.25) is 0 Å². The largest absolute Gasteiger partial charge is 0.497 e. The number of piperidine rings is 1. The first-order valence-corrected chi connectivity index (χ1v) is 10.2. The number of carbonyl (C=O) groups is 1. The molecule has 7 heteroatoms. The summed E-state index contributed by atoms with van der Waals surface area (Å²) in [6.07, 6.45) is 7.22. The number of fused-ring (bicyclic) bond motifs is 1. The second-order valence-electron chi connectivity index (χ2n) is 7.56. The van der Waals surface area contributed by atoms with E-state index in [1.54, 1.807) is 13.4 Å². The standard InChI is InChI=1S/C22H27N5O2/c1-29-18-6-2-4-17(12-18)13-24-20(28)8-7-16-5-3-11-27(14-16)22-19-9-10-23-21(19)25-15-26-22/h2,4,6,9-10,12,15-16H,3,5,7-8,11,13-14H2,1H3,(H,24,28)(H,23,25,26)/t16-/m1/s1. The van der Waals surface area contributed by atoms with E-state index in [0.717, 1.165) is 60.5 Å². The zero-order valence-corrected chi connectivity index (χ0v) is 16.7. The van der Waals surface area contributed by atoms with Gasteiger partial charge in [0.2, 0.25) is 5.91 Å². The molecule has 29 heavy (non-hydrogen) atoms. The quantitative estimate of drug-likeness (QED) is 0.644. The molecule has 2 N–H and O–H groups in total. The average molecular weight is 393 g/mol. The van der Waals surface area contributed by atoms with Crippen molar-refractivity contribution in [3.8, 4) is 5.75 Å². The summed E-state index contributed by atoms with van der Waals surface area (Å²) in [5.74, 6) is 2.39. The third kappa shape index (κ3) is 4.67. The fraction of sp³-hybridized carbons (Fsp3) is 0.409. The number of nitrogens with one attached hydrogen (secondary N) is 2. The van der Waals surface area contributed by atoms with Gasteiger partial charge in [0.05, 0.1) is 12.5 Å². The zero-order chi connectivity index (χ0) is 20.1. The predicted octanol–water partition coefficient (Wildman–Crippen LogP) is 3.28. The van der Waals surface area contributed by atoms with Gasteiger partial charge in [0.15, 0.2) is 0 Å². The van der Waals surface area contributed by atoms with E-state index in [0.29, 0.717) is 18.9 Å². The van der Waals surface area contributed by atoms with E-state index in [9.17, 15) is 4.79 Å². The second-order valence-corrected chi connectivity index (χ2v) is 7.56. The number of methoxy groups -OCH3 is 1. The minimum absolute atomic E-state index is 0.0972. The Bertz CT molecular complexity index is 971. The Morgan fingerprint density at radius 2 is 2.28 bits per heavy atom. The number of hydrogen-bond donors (Lipinski definition) is 2. The molecule has 3 heterocycles. The number of benzene rings is 1. The Labute approximate surface area is 170 Å². The first-order valence-electron chi connectivity index (χ1n) is 10.2. The first kappa shape index (κ1) is 19.2. The highest BCUT2D eigenvalue weighted by Gasteiger charge is 2.23. The summed E-state index contributed by atoms with van der Waals surface area (Å²) in [6.45, 7) is 2.45. The molecule has 1 saturated heterocycles. The number of carbonyl (C=O) groups excluding carboxylic acids is 1. The minimum atomic E-state index is 0.0972. The first-order chi connectivity index (χ1) is 14.2. The van der Waals surface area contributed by atoms with E-state index in [1.807, 2.05) is 36.5 Å². The molecule has 7 nitrogen and oxygen atoms in total. The molecule has 0 radical (unpaired) electrons. The Hall–Kier alpha value is -3.09. The maximum Gasteiger partial charge on any atom is 0.220 e. The number of nitrogens with zero attached hydrogens (tertiary/aromatic N) is 3. The van der Waals surface area contributed by atoms with Crippen molar-refractivity contribution >= 4 is 22.8 Å². The Morgan fingerprint density at radius 1 is 1.34 bits per heavy atom.